The van der Waals surface area contributed by atoms with Crippen LogP contribution in [0.2, 0.25) is 0 Å². The number of hydrogen-bond donors (Lipinski definition) is 0. The van der Waals surface area contributed by atoms with Crippen molar-refractivity contribution in [2.45, 2.75) is 37.6 Å². The second-order valence-corrected chi connectivity index (χ2v) is 10.9. The Labute approximate surface area is 188 Å². The molecule has 0 radical (unpaired) electrons. The van der Waals surface area contributed by atoms with Gasteiger partial charge in [-0.2, -0.15) is 5.10 Å². The third kappa shape index (κ3) is 4.50. The first-order valence-electron chi connectivity index (χ1n) is 10.5. The molecule has 0 saturated carbocycles. The fraction of sp³-hybridized carbons (Fsp3) is 0.231. The van der Waals surface area contributed by atoms with Crippen molar-refractivity contribution in [2.75, 3.05) is 5.75 Å². The summed E-state index contributed by atoms with van der Waals surface area (Å²) in [5.41, 5.74) is 1.80. The fourth-order valence-electron chi connectivity index (χ4n) is 3.68. The van der Waals surface area contributed by atoms with Crippen molar-refractivity contribution >= 4 is 26.4 Å². The molecule has 0 saturated heterocycles. The van der Waals surface area contributed by atoms with Gasteiger partial charge in [0.2, 0.25) is 0 Å². The number of carbonyl (C=O) groups excluding carboxylic acids is 1. The lowest BCUT2D eigenvalue weighted by molar-refractivity contribution is 0.101. The van der Waals surface area contributed by atoms with E-state index in [1.807, 2.05) is 63.2 Å². The summed E-state index contributed by atoms with van der Waals surface area (Å²) in [6.07, 6.45) is 0. The van der Waals surface area contributed by atoms with Gasteiger partial charge in [-0.15, -0.1) is 0 Å². The van der Waals surface area contributed by atoms with Crippen molar-refractivity contribution in [3.05, 3.63) is 95.8 Å². The van der Waals surface area contributed by atoms with Crippen LogP contribution in [-0.4, -0.2) is 29.7 Å². The lowest BCUT2D eigenvalue weighted by Crippen LogP contribution is -2.20. The number of hydrogen-bond acceptors (Lipinski definition) is 4. The first kappa shape index (κ1) is 22.0. The number of Topliss-reactive ketones (excluding diaryl/α,β-unsaturated/α-hetero) is 1. The minimum Gasteiger partial charge on any atom is -0.291 e. The van der Waals surface area contributed by atoms with Crippen molar-refractivity contribution in [1.82, 2.24) is 9.78 Å². The Hall–Kier alpha value is -3.25. The minimum atomic E-state index is -3.75. The third-order valence-corrected chi connectivity index (χ3v) is 7.09. The molecule has 0 unspecified atom stereocenters. The molecule has 4 rings (SSSR count). The summed E-state index contributed by atoms with van der Waals surface area (Å²) in [7, 11) is -3.75. The molecule has 1 heterocycles. The Morgan fingerprint density at radius 3 is 2.28 bits per heavy atom. The fourth-order valence-corrected chi connectivity index (χ4v) is 4.91. The lowest BCUT2D eigenvalue weighted by Gasteiger charge is -2.14. The molecule has 0 aliphatic rings. The van der Waals surface area contributed by atoms with E-state index in [4.69, 9.17) is 5.10 Å². The molecule has 0 fully saturated rings. The highest BCUT2D eigenvalue weighted by Crippen LogP contribution is 2.25. The van der Waals surface area contributed by atoms with Gasteiger partial charge in [0.25, 0.3) is 0 Å². The van der Waals surface area contributed by atoms with Gasteiger partial charge in [-0.3, -0.25) is 9.48 Å². The van der Waals surface area contributed by atoms with Crippen LogP contribution in [0.4, 0.5) is 0 Å². The standard InChI is InChI=1S/C26H26N2O3S/c1-26(2,3)25-16-23(24(29)18-32(30,31)21-13-5-4-6-14-21)28(27-25)17-20-12-9-11-19-10-7-8-15-22(19)20/h4-16H,17-18H2,1-3H3. The predicted octanol–water partition coefficient (Wildman–Crippen LogP) is 5.04. The van der Waals surface area contributed by atoms with Crippen LogP contribution in [0, 0.1) is 0 Å². The number of nitrogens with zero attached hydrogens (tertiary/aromatic N) is 2. The zero-order valence-electron chi connectivity index (χ0n) is 18.4. The molecule has 32 heavy (non-hydrogen) atoms. The van der Waals surface area contributed by atoms with Crippen LogP contribution in [0.1, 0.15) is 42.5 Å². The van der Waals surface area contributed by atoms with E-state index in [2.05, 4.69) is 0 Å². The van der Waals surface area contributed by atoms with Gasteiger partial charge in [0.1, 0.15) is 11.4 Å². The Morgan fingerprint density at radius 1 is 0.906 bits per heavy atom. The Balaban J connectivity index is 1.73. The van der Waals surface area contributed by atoms with Crippen LogP contribution >= 0.6 is 0 Å². The monoisotopic (exact) mass is 446 g/mol. The van der Waals surface area contributed by atoms with E-state index >= 15 is 0 Å². The van der Waals surface area contributed by atoms with Crippen LogP contribution in [0.5, 0.6) is 0 Å². The summed E-state index contributed by atoms with van der Waals surface area (Å²) < 4.78 is 27.3. The second kappa shape index (κ2) is 8.36. The first-order chi connectivity index (χ1) is 15.1. The number of ketones is 1. The quantitative estimate of drug-likeness (QED) is 0.389. The second-order valence-electron chi connectivity index (χ2n) is 8.96. The van der Waals surface area contributed by atoms with Gasteiger partial charge in [-0.25, -0.2) is 8.42 Å². The molecule has 0 aliphatic heterocycles. The molecule has 4 aromatic rings. The Kier molecular flexibility index (Phi) is 5.73. The number of benzene rings is 3. The topological polar surface area (TPSA) is 69.0 Å². The van der Waals surface area contributed by atoms with Gasteiger partial charge in [-0.05, 0) is 34.5 Å². The molecule has 0 aliphatic carbocycles. The van der Waals surface area contributed by atoms with E-state index in [0.717, 1.165) is 22.0 Å². The van der Waals surface area contributed by atoms with Gasteiger partial charge < -0.3 is 0 Å². The molecule has 0 N–H and O–H groups in total. The highest BCUT2D eigenvalue weighted by atomic mass is 32.2. The zero-order chi connectivity index (χ0) is 22.9. The molecule has 164 valence electrons. The van der Waals surface area contributed by atoms with Gasteiger partial charge in [0.05, 0.1) is 17.1 Å². The van der Waals surface area contributed by atoms with E-state index in [1.54, 1.807) is 28.9 Å². The summed E-state index contributed by atoms with van der Waals surface area (Å²) in [6, 6.07) is 23.9. The molecule has 1 aromatic heterocycles. The number of aromatic nitrogens is 2. The van der Waals surface area contributed by atoms with Crippen LogP contribution in [0.3, 0.4) is 0 Å². The highest BCUT2D eigenvalue weighted by molar-refractivity contribution is 7.92. The molecule has 3 aromatic carbocycles. The maximum atomic E-state index is 13.2. The van der Waals surface area contributed by atoms with E-state index in [0.29, 0.717) is 12.2 Å². The number of fused-ring (bicyclic) bond motifs is 1. The van der Waals surface area contributed by atoms with Crippen LogP contribution in [0.15, 0.2) is 83.8 Å². The van der Waals surface area contributed by atoms with Gasteiger partial charge >= 0.3 is 0 Å². The summed E-state index contributed by atoms with van der Waals surface area (Å²) in [6.45, 7) is 6.44. The van der Waals surface area contributed by atoms with Crippen molar-refractivity contribution in [3.63, 3.8) is 0 Å². The summed E-state index contributed by atoms with van der Waals surface area (Å²) in [5.74, 6) is -1.06. The summed E-state index contributed by atoms with van der Waals surface area (Å²) >= 11 is 0. The van der Waals surface area contributed by atoms with Crippen molar-refractivity contribution in [3.8, 4) is 0 Å². The third-order valence-electron chi connectivity index (χ3n) is 5.46. The largest absolute Gasteiger partial charge is 0.291 e. The summed E-state index contributed by atoms with van der Waals surface area (Å²) in [5, 5.41) is 6.89. The van der Waals surface area contributed by atoms with Gasteiger partial charge in [0, 0.05) is 5.41 Å². The highest BCUT2D eigenvalue weighted by Gasteiger charge is 2.27. The predicted molar refractivity (Wildman–Crippen MR) is 127 cm³/mol. The average molecular weight is 447 g/mol. The molecule has 5 nitrogen and oxygen atoms in total. The maximum Gasteiger partial charge on any atom is 0.196 e. The Bertz CT molecular complexity index is 1380. The van der Waals surface area contributed by atoms with Crippen molar-refractivity contribution in [1.29, 1.82) is 0 Å². The van der Waals surface area contributed by atoms with E-state index < -0.39 is 21.4 Å². The van der Waals surface area contributed by atoms with Crippen LogP contribution < -0.4 is 0 Å². The van der Waals surface area contributed by atoms with Crippen LogP contribution in [0.25, 0.3) is 10.8 Å². The van der Waals surface area contributed by atoms with E-state index in [1.165, 1.54) is 12.1 Å². The maximum absolute atomic E-state index is 13.2. The molecular weight excluding hydrogens is 420 g/mol. The van der Waals surface area contributed by atoms with Crippen molar-refractivity contribution in [2.24, 2.45) is 0 Å². The average Bonchev–Trinajstić information content (AvgIpc) is 3.19. The van der Waals surface area contributed by atoms with E-state index in [9.17, 15) is 13.2 Å². The first-order valence-corrected chi connectivity index (χ1v) is 12.2. The van der Waals surface area contributed by atoms with Crippen molar-refractivity contribution < 1.29 is 13.2 Å². The van der Waals surface area contributed by atoms with Gasteiger partial charge in [-0.1, -0.05) is 81.4 Å². The Morgan fingerprint density at radius 2 is 1.56 bits per heavy atom. The lowest BCUT2D eigenvalue weighted by atomic mass is 9.92. The normalized spacial score (nSPS) is 12.2. The van der Waals surface area contributed by atoms with Crippen LogP contribution in [-0.2, 0) is 21.8 Å². The molecule has 0 spiro atoms. The molecule has 0 atom stereocenters. The zero-order valence-corrected chi connectivity index (χ0v) is 19.3. The van der Waals surface area contributed by atoms with Gasteiger partial charge in [0.15, 0.2) is 15.6 Å². The summed E-state index contributed by atoms with van der Waals surface area (Å²) in [4.78, 5) is 13.4. The number of sulfone groups is 1. The smallest absolute Gasteiger partial charge is 0.196 e. The molecule has 0 bridgehead atoms. The number of rotatable bonds is 6. The molecule has 0 amide bonds. The number of carbonyl (C=O) groups is 1. The molecule has 6 heteroatoms. The SMILES string of the molecule is CC(C)(C)c1cc(C(=O)CS(=O)(=O)c2ccccc2)n(Cc2cccc3ccccc23)n1. The minimum absolute atomic E-state index is 0.143. The molecular formula is C26H26N2O3S. The van der Waals surface area contributed by atoms with E-state index in [-0.39, 0.29) is 10.3 Å².